The quantitative estimate of drug-likeness (QED) is 0.841. The van der Waals surface area contributed by atoms with Crippen LogP contribution in [0.3, 0.4) is 0 Å². The van der Waals surface area contributed by atoms with Crippen molar-refractivity contribution < 1.29 is 9.53 Å². The number of anilines is 1. The molecule has 0 aliphatic carbocycles. The fourth-order valence-electron chi connectivity index (χ4n) is 2.54. The number of esters is 1. The second-order valence-corrected chi connectivity index (χ2v) is 5.67. The van der Waals surface area contributed by atoms with E-state index in [1.165, 1.54) is 7.11 Å². The molecule has 1 heterocycles. The van der Waals surface area contributed by atoms with Crippen LogP contribution in [0.25, 0.3) is 5.57 Å². The summed E-state index contributed by atoms with van der Waals surface area (Å²) in [5, 5.41) is 3.28. The first-order valence-corrected chi connectivity index (χ1v) is 7.40. The third kappa shape index (κ3) is 2.59. The van der Waals surface area contributed by atoms with Gasteiger partial charge in [-0.2, -0.15) is 0 Å². The highest BCUT2D eigenvalue weighted by Gasteiger charge is 2.25. The number of nitrogens with one attached hydrogen (secondary N) is 1. The molecule has 0 saturated carbocycles. The van der Waals surface area contributed by atoms with Crippen molar-refractivity contribution in [2.75, 3.05) is 19.0 Å². The minimum Gasteiger partial charge on any atom is -0.466 e. The summed E-state index contributed by atoms with van der Waals surface area (Å²) < 4.78 is 5.91. The standard InChI is InChI=1S/C17H14BrNO2/c1-21-17(20)14-10-19-15-8-7-12(18)9-13(15)16(14)11-5-3-2-4-6-11/h2-9,19H,10H2,1H3. The van der Waals surface area contributed by atoms with Crippen LogP contribution >= 0.6 is 15.9 Å². The van der Waals surface area contributed by atoms with Crippen LogP contribution < -0.4 is 5.32 Å². The van der Waals surface area contributed by atoms with Crippen LogP contribution in [0.1, 0.15) is 11.1 Å². The molecule has 0 radical (unpaired) electrons. The van der Waals surface area contributed by atoms with Gasteiger partial charge in [-0.05, 0) is 23.8 Å². The van der Waals surface area contributed by atoms with Gasteiger partial charge in [0.15, 0.2) is 0 Å². The first-order valence-electron chi connectivity index (χ1n) is 6.61. The second kappa shape index (κ2) is 5.74. The van der Waals surface area contributed by atoms with E-state index in [0.29, 0.717) is 12.1 Å². The topological polar surface area (TPSA) is 38.3 Å². The van der Waals surface area contributed by atoms with Gasteiger partial charge in [0.05, 0.1) is 12.7 Å². The lowest BCUT2D eigenvalue weighted by atomic mass is 9.89. The van der Waals surface area contributed by atoms with E-state index in [0.717, 1.165) is 26.9 Å². The minimum absolute atomic E-state index is 0.299. The summed E-state index contributed by atoms with van der Waals surface area (Å²) in [5.74, 6) is -0.299. The maximum atomic E-state index is 12.1. The lowest BCUT2D eigenvalue weighted by molar-refractivity contribution is -0.136. The number of fused-ring (bicyclic) bond motifs is 1. The third-order valence-corrected chi connectivity index (χ3v) is 4.00. The summed E-state index contributed by atoms with van der Waals surface area (Å²) in [6, 6.07) is 15.9. The predicted molar refractivity (Wildman–Crippen MR) is 87.1 cm³/mol. The van der Waals surface area contributed by atoms with E-state index >= 15 is 0 Å². The molecule has 3 nitrogen and oxygen atoms in total. The lowest BCUT2D eigenvalue weighted by Crippen LogP contribution is -2.21. The van der Waals surface area contributed by atoms with Gasteiger partial charge in [-0.25, -0.2) is 4.79 Å². The summed E-state index contributed by atoms with van der Waals surface area (Å²) in [5.41, 5.74) is 4.61. The summed E-state index contributed by atoms with van der Waals surface area (Å²) in [6.45, 7) is 0.464. The van der Waals surface area contributed by atoms with Crippen molar-refractivity contribution in [3.63, 3.8) is 0 Å². The molecule has 106 valence electrons. The van der Waals surface area contributed by atoms with Crippen molar-refractivity contribution in [1.82, 2.24) is 0 Å². The van der Waals surface area contributed by atoms with Crippen LogP contribution in [-0.4, -0.2) is 19.6 Å². The SMILES string of the molecule is COC(=O)C1=C(c2ccccc2)c2cc(Br)ccc2NC1. The Balaban J connectivity index is 2.27. The molecule has 3 rings (SSSR count). The zero-order chi connectivity index (χ0) is 14.8. The number of benzene rings is 2. The van der Waals surface area contributed by atoms with Gasteiger partial charge in [0.25, 0.3) is 0 Å². The van der Waals surface area contributed by atoms with Crippen LogP contribution in [-0.2, 0) is 9.53 Å². The van der Waals surface area contributed by atoms with Gasteiger partial charge in [-0.1, -0.05) is 46.3 Å². The van der Waals surface area contributed by atoms with Gasteiger partial charge in [-0.3, -0.25) is 0 Å². The molecule has 0 atom stereocenters. The number of hydrogen-bond acceptors (Lipinski definition) is 3. The predicted octanol–water partition coefficient (Wildman–Crippen LogP) is 3.85. The van der Waals surface area contributed by atoms with Gasteiger partial charge >= 0.3 is 5.97 Å². The highest BCUT2D eigenvalue weighted by molar-refractivity contribution is 9.10. The van der Waals surface area contributed by atoms with Crippen LogP contribution in [0.5, 0.6) is 0 Å². The smallest absolute Gasteiger partial charge is 0.336 e. The van der Waals surface area contributed by atoms with Crippen molar-refractivity contribution in [2.45, 2.75) is 0 Å². The number of carbonyl (C=O) groups excluding carboxylic acids is 1. The lowest BCUT2D eigenvalue weighted by Gasteiger charge is -2.24. The molecule has 0 bridgehead atoms. The Hall–Kier alpha value is -2.07. The zero-order valence-electron chi connectivity index (χ0n) is 11.5. The molecule has 21 heavy (non-hydrogen) atoms. The molecule has 0 fully saturated rings. The number of ether oxygens (including phenoxy) is 1. The molecule has 4 heteroatoms. The number of carbonyl (C=O) groups is 1. The largest absolute Gasteiger partial charge is 0.466 e. The Morgan fingerprint density at radius 1 is 1.19 bits per heavy atom. The van der Waals surface area contributed by atoms with Gasteiger partial charge in [0.1, 0.15) is 0 Å². The Morgan fingerprint density at radius 2 is 1.95 bits per heavy atom. The fourth-order valence-corrected chi connectivity index (χ4v) is 2.91. The number of halogens is 1. The molecule has 0 amide bonds. The molecular weight excluding hydrogens is 330 g/mol. The first kappa shape index (κ1) is 13.9. The van der Waals surface area contributed by atoms with E-state index in [4.69, 9.17) is 4.74 Å². The summed E-state index contributed by atoms with van der Waals surface area (Å²) >= 11 is 3.50. The maximum Gasteiger partial charge on any atom is 0.336 e. The molecular formula is C17H14BrNO2. The fraction of sp³-hybridized carbons (Fsp3) is 0.118. The normalized spacial score (nSPS) is 13.4. The van der Waals surface area contributed by atoms with E-state index in [1.54, 1.807) is 0 Å². The van der Waals surface area contributed by atoms with Crippen LogP contribution in [0, 0.1) is 0 Å². The average molecular weight is 344 g/mol. The summed E-state index contributed by atoms with van der Waals surface area (Å²) in [6.07, 6.45) is 0. The highest BCUT2D eigenvalue weighted by Crippen LogP contribution is 2.37. The zero-order valence-corrected chi connectivity index (χ0v) is 13.1. The first-order chi connectivity index (χ1) is 10.2. The van der Waals surface area contributed by atoms with Crippen molar-refractivity contribution >= 4 is 33.2 Å². The van der Waals surface area contributed by atoms with Crippen LogP contribution in [0.2, 0.25) is 0 Å². The molecule has 0 aromatic heterocycles. The molecule has 2 aromatic carbocycles. The van der Waals surface area contributed by atoms with E-state index in [-0.39, 0.29) is 5.97 Å². The molecule has 0 spiro atoms. The monoisotopic (exact) mass is 343 g/mol. The molecule has 0 saturated heterocycles. The molecule has 1 aliphatic rings. The summed E-state index contributed by atoms with van der Waals surface area (Å²) in [7, 11) is 1.41. The molecule has 2 aromatic rings. The van der Waals surface area contributed by atoms with Gasteiger partial charge < -0.3 is 10.1 Å². The van der Waals surface area contributed by atoms with Crippen molar-refractivity contribution in [3.05, 3.63) is 69.7 Å². The minimum atomic E-state index is -0.299. The summed E-state index contributed by atoms with van der Waals surface area (Å²) in [4.78, 5) is 12.1. The Morgan fingerprint density at radius 3 is 2.67 bits per heavy atom. The van der Waals surface area contributed by atoms with Crippen molar-refractivity contribution in [2.24, 2.45) is 0 Å². The van der Waals surface area contributed by atoms with E-state index in [2.05, 4.69) is 21.2 Å². The molecule has 0 unspecified atom stereocenters. The second-order valence-electron chi connectivity index (χ2n) is 4.75. The Bertz CT molecular complexity index is 723. The number of methoxy groups -OCH3 is 1. The van der Waals surface area contributed by atoms with E-state index in [9.17, 15) is 4.79 Å². The Labute approximate surface area is 131 Å². The van der Waals surface area contributed by atoms with Gasteiger partial charge in [0.2, 0.25) is 0 Å². The van der Waals surface area contributed by atoms with Crippen molar-refractivity contribution in [3.8, 4) is 0 Å². The van der Waals surface area contributed by atoms with Gasteiger partial charge in [-0.15, -0.1) is 0 Å². The third-order valence-electron chi connectivity index (χ3n) is 3.50. The average Bonchev–Trinajstić information content (AvgIpc) is 2.53. The van der Waals surface area contributed by atoms with Crippen LogP contribution in [0.15, 0.2) is 58.6 Å². The van der Waals surface area contributed by atoms with Crippen molar-refractivity contribution in [1.29, 1.82) is 0 Å². The molecule has 1 aliphatic heterocycles. The number of rotatable bonds is 2. The number of hydrogen-bond donors (Lipinski definition) is 1. The van der Waals surface area contributed by atoms with E-state index in [1.807, 2.05) is 48.5 Å². The highest BCUT2D eigenvalue weighted by atomic mass is 79.9. The van der Waals surface area contributed by atoms with Crippen LogP contribution in [0.4, 0.5) is 5.69 Å². The Kier molecular flexibility index (Phi) is 3.80. The van der Waals surface area contributed by atoms with E-state index < -0.39 is 0 Å². The van der Waals surface area contributed by atoms with Gasteiger partial charge in [0, 0.05) is 27.8 Å². The maximum absolute atomic E-state index is 12.1. The molecule has 1 N–H and O–H groups in total.